The first-order valence-electron chi connectivity index (χ1n) is 6.83. The molecule has 17 heavy (non-hydrogen) atoms. The average Bonchev–Trinajstić information content (AvgIpc) is 2.98. The third-order valence-corrected chi connectivity index (χ3v) is 5.67. The minimum atomic E-state index is -3.03. The van der Waals surface area contributed by atoms with Crippen LogP contribution in [0.3, 0.4) is 0 Å². The highest BCUT2D eigenvalue weighted by molar-refractivity contribution is 7.89. The van der Waals surface area contributed by atoms with E-state index in [1.54, 1.807) is 4.31 Å². The lowest BCUT2D eigenvalue weighted by atomic mass is 10.2. The Labute approximate surface area is 105 Å². The molecular weight excluding hydrogens is 236 g/mol. The van der Waals surface area contributed by atoms with Gasteiger partial charge in [0, 0.05) is 19.1 Å². The maximum Gasteiger partial charge on any atom is 0.214 e. The number of sulfonamides is 1. The molecule has 2 rings (SSSR count). The Morgan fingerprint density at radius 2 is 2.06 bits per heavy atom. The quantitative estimate of drug-likeness (QED) is 0.748. The highest BCUT2D eigenvalue weighted by atomic mass is 32.2. The summed E-state index contributed by atoms with van der Waals surface area (Å²) in [5.41, 5.74) is 0. The van der Waals surface area contributed by atoms with E-state index in [1.807, 2.05) is 6.92 Å². The fourth-order valence-electron chi connectivity index (χ4n) is 2.49. The number of hydrogen-bond acceptors (Lipinski definition) is 3. The summed E-state index contributed by atoms with van der Waals surface area (Å²) in [5, 5.41) is 3.25. The highest BCUT2D eigenvalue weighted by Gasteiger charge is 2.32. The molecular formula is C12H24N2O2S. The number of nitrogens with one attached hydrogen (secondary N) is 1. The topological polar surface area (TPSA) is 49.4 Å². The molecule has 0 aromatic heterocycles. The van der Waals surface area contributed by atoms with Crippen LogP contribution in [-0.2, 0) is 10.0 Å². The van der Waals surface area contributed by atoms with E-state index in [1.165, 1.54) is 12.8 Å². The molecule has 1 heterocycles. The molecule has 100 valence electrons. The Balaban J connectivity index is 1.96. The Hall–Kier alpha value is -0.130. The molecule has 0 amide bonds. The molecule has 1 N–H and O–H groups in total. The second-order valence-electron chi connectivity index (χ2n) is 5.31. The fourth-order valence-corrected chi connectivity index (χ4v) is 4.45. The number of hydrogen-bond donors (Lipinski definition) is 1. The van der Waals surface area contributed by atoms with Crippen LogP contribution in [0.2, 0.25) is 0 Å². The van der Waals surface area contributed by atoms with E-state index in [2.05, 4.69) is 5.32 Å². The van der Waals surface area contributed by atoms with Gasteiger partial charge in [0.25, 0.3) is 0 Å². The van der Waals surface area contributed by atoms with Crippen molar-refractivity contribution in [1.82, 2.24) is 9.62 Å². The molecule has 0 aromatic rings. The third-order valence-electron chi connectivity index (χ3n) is 3.72. The normalized spacial score (nSPS) is 25.6. The van der Waals surface area contributed by atoms with Crippen molar-refractivity contribution in [2.45, 2.75) is 45.1 Å². The molecule has 0 radical (unpaired) electrons. The van der Waals surface area contributed by atoms with Crippen LogP contribution < -0.4 is 5.32 Å². The molecule has 1 aliphatic carbocycles. The van der Waals surface area contributed by atoms with Gasteiger partial charge < -0.3 is 5.32 Å². The Bertz CT molecular complexity index is 332. The zero-order valence-electron chi connectivity index (χ0n) is 10.7. The van der Waals surface area contributed by atoms with Crippen molar-refractivity contribution in [3.63, 3.8) is 0 Å². The van der Waals surface area contributed by atoms with Gasteiger partial charge >= 0.3 is 0 Å². The van der Waals surface area contributed by atoms with Gasteiger partial charge in [-0.15, -0.1) is 0 Å². The van der Waals surface area contributed by atoms with E-state index >= 15 is 0 Å². The van der Waals surface area contributed by atoms with Gasteiger partial charge in [-0.05, 0) is 31.7 Å². The molecule has 1 atom stereocenters. The molecule has 1 saturated heterocycles. The van der Waals surface area contributed by atoms with Crippen molar-refractivity contribution >= 4 is 10.0 Å². The zero-order valence-corrected chi connectivity index (χ0v) is 11.5. The van der Waals surface area contributed by atoms with Gasteiger partial charge in [-0.1, -0.05) is 19.8 Å². The van der Waals surface area contributed by atoms with Gasteiger partial charge in [0.1, 0.15) is 0 Å². The van der Waals surface area contributed by atoms with Gasteiger partial charge in [-0.3, -0.25) is 0 Å². The molecule has 0 aromatic carbocycles. The predicted molar refractivity (Wildman–Crippen MR) is 69.4 cm³/mol. The Morgan fingerprint density at radius 1 is 1.29 bits per heavy atom. The Kier molecular flexibility index (Phi) is 4.44. The maximum atomic E-state index is 12.3. The summed E-state index contributed by atoms with van der Waals surface area (Å²) in [6.45, 7) is 4.50. The van der Waals surface area contributed by atoms with Crippen LogP contribution in [-0.4, -0.2) is 44.2 Å². The van der Waals surface area contributed by atoms with Crippen molar-refractivity contribution in [3.05, 3.63) is 0 Å². The summed E-state index contributed by atoms with van der Waals surface area (Å²) in [6.07, 6.45) is 5.19. The van der Waals surface area contributed by atoms with Crippen LogP contribution in [0.5, 0.6) is 0 Å². The van der Waals surface area contributed by atoms with E-state index in [4.69, 9.17) is 0 Å². The van der Waals surface area contributed by atoms with E-state index in [9.17, 15) is 8.42 Å². The van der Waals surface area contributed by atoms with Crippen molar-refractivity contribution in [1.29, 1.82) is 0 Å². The van der Waals surface area contributed by atoms with Gasteiger partial charge in [0.15, 0.2) is 0 Å². The summed E-state index contributed by atoms with van der Waals surface area (Å²) < 4.78 is 26.4. The first kappa shape index (κ1) is 13.3. The molecule has 2 fully saturated rings. The summed E-state index contributed by atoms with van der Waals surface area (Å²) in [5.74, 6) is 1.05. The van der Waals surface area contributed by atoms with Gasteiger partial charge in [-0.25, -0.2) is 8.42 Å². The maximum absolute atomic E-state index is 12.3. The van der Waals surface area contributed by atoms with Gasteiger partial charge in [0.05, 0.1) is 5.75 Å². The molecule has 2 aliphatic rings. The molecule has 0 bridgehead atoms. The SMILES string of the molecule is CCCN(C1CCNC1)S(=O)(=O)CCC1CC1. The lowest BCUT2D eigenvalue weighted by molar-refractivity contribution is 0.334. The zero-order chi connectivity index (χ0) is 12.3. The first-order valence-corrected chi connectivity index (χ1v) is 8.44. The lowest BCUT2D eigenvalue weighted by Crippen LogP contribution is -2.43. The fraction of sp³-hybridized carbons (Fsp3) is 1.00. The summed E-state index contributed by atoms with van der Waals surface area (Å²) in [6, 6.07) is 0.194. The van der Waals surface area contributed by atoms with E-state index in [-0.39, 0.29) is 6.04 Å². The largest absolute Gasteiger partial charge is 0.315 e. The predicted octanol–water partition coefficient (Wildman–Crippen LogP) is 1.19. The van der Waals surface area contributed by atoms with Crippen molar-refractivity contribution in [3.8, 4) is 0 Å². The number of rotatable bonds is 7. The van der Waals surface area contributed by atoms with Crippen LogP contribution in [0.4, 0.5) is 0 Å². The standard InChI is InChI=1S/C12H24N2O2S/c1-2-8-14(12-5-7-13-10-12)17(15,16)9-6-11-3-4-11/h11-13H,2-10H2,1H3. The number of nitrogens with zero attached hydrogens (tertiary/aromatic N) is 1. The monoisotopic (exact) mass is 260 g/mol. The van der Waals surface area contributed by atoms with E-state index < -0.39 is 10.0 Å². The van der Waals surface area contributed by atoms with Crippen molar-refractivity contribution in [2.75, 3.05) is 25.4 Å². The summed E-state index contributed by atoms with van der Waals surface area (Å²) in [4.78, 5) is 0. The molecule has 0 spiro atoms. The van der Waals surface area contributed by atoms with E-state index in [0.717, 1.165) is 32.4 Å². The molecule has 1 unspecified atom stereocenters. The minimum Gasteiger partial charge on any atom is -0.315 e. The second kappa shape index (κ2) is 5.67. The van der Waals surface area contributed by atoms with Crippen LogP contribution >= 0.6 is 0 Å². The Morgan fingerprint density at radius 3 is 2.59 bits per heavy atom. The van der Waals surface area contributed by atoms with Crippen molar-refractivity contribution < 1.29 is 8.42 Å². The van der Waals surface area contributed by atoms with Crippen LogP contribution in [0.25, 0.3) is 0 Å². The van der Waals surface area contributed by atoms with Gasteiger partial charge in [-0.2, -0.15) is 4.31 Å². The lowest BCUT2D eigenvalue weighted by Gasteiger charge is -2.27. The van der Waals surface area contributed by atoms with Crippen molar-refractivity contribution in [2.24, 2.45) is 5.92 Å². The van der Waals surface area contributed by atoms with Crippen LogP contribution in [0, 0.1) is 5.92 Å². The van der Waals surface area contributed by atoms with Gasteiger partial charge in [0.2, 0.25) is 10.0 Å². The highest BCUT2D eigenvalue weighted by Crippen LogP contribution is 2.33. The molecule has 1 aliphatic heterocycles. The van der Waals surface area contributed by atoms with E-state index in [0.29, 0.717) is 18.2 Å². The molecule has 4 nitrogen and oxygen atoms in total. The summed E-state index contributed by atoms with van der Waals surface area (Å²) >= 11 is 0. The molecule has 5 heteroatoms. The second-order valence-corrected chi connectivity index (χ2v) is 7.35. The minimum absolute atomic E-state index is 0.194. The first-order chi connectivity index (χ1) is 8.13. The third kappa shape index (κ3) is 3.66. The van der Waals surface area contributed by atoms with Crippen LogP contribution in [0.15, 0.2) is 0 Å². The van der Waals surface area contributed by atoms with Crippen LogP contribution in [0.1, 0.15) is 39.0 Å². The smallest absolute Gasteiger partial charge is 0.214 e. The summed E-state index contributed by atoms with van der Waals surface area (Å²) in [7, 11) is -3.03. The molecule has 1 saturated carbocycles. The average molecular weight is 260 g/mol.